The standard InChI is InChI=1S/C15H19ClN2O3/c1-10-5-3-2-4-6-18(10)15(21)17-13-8-11(14(19)20)7-12(16)9-13/h7-10H,2-6H2,1H3,(H,17,21)(H,19,20). The van der Waals surface area contributed by atoms with Gasteiger partial charge in [0.1, 0.15) is 0 Å². The summed E-state index contributed by atoms with van der Waals surface area (Å²) >= 11 is 5.89. The number of carbonyl (C=O) groups excluding carboxylic acids is 1. The minimum absolute atomic E-state index is 0.0571. The SMILES string of the molecule is CC1CCCCCN1C(=O)Nc1cc(Cl)cc(C(=O)O)c1. The minimum Gasteiger partial charge on any atom is -0.478 e. The fourth-order valence-electron chi connectivity index (χ4n) is 2.56. The highest BCUT2D eigenvalue weighted by molar-refractivity contribution is 6.31. The van der Waals surface area contributed by atoms with E-state index < -0.39 is 5.97 Å². The summed E-state index contributed by atoms with van der Waals surface area (Å²) in [7, 11) is 0. The second-order valence-corrected chi connectivity index (χ2v) is 5.79. The third-order valence-corrected chi connectivity index (χ3v) is 3.93. The molecule has 2 rings (SSSR count). The highest BCUT2D eigenvalue weighted by Crippen LogP contribution is 2.21. The molecule has 0 saturated carbocycles. The van der Waals surface area contributed by atoms with Gasteiger partial charge in [-0.05, 0) is 38.0 Å². The average Bonchev–Trinajstić information content (AvgIpc) is 2.62. The summed E-state index contributed by atoms with van der Waals surface area (Å²) in [6, 6.07) is 4.30. The zero-order valence-corrected chi connectivity index (χ0v) is 12.7. The molecule has 6 heteroatoms. The van der Waals surface area contributed by atoms with Crippen LogP contribution in [0.4, 0.5) is 10.5 Å². The molecular weight excluding hydrogens is 292 g/mol. The number of likely N-dealkylation sites (tertiary alicyclic amines) is 1. The molecule has 1 aliphatic rings. The number of nitrogens with one attached hydrogen (secondary N) is 1. The third kappa shape index (κ3) is 4.11. The van der Waals surface area contributed by atoms with Crippen molar-refractivity contribution in [2.45, 2.75) is 38.6 Å². The van der Waals surface area contributed by atoms with E-state index in [2.05, 4.69) is 5.32 Å². The van der Waals surface area contributed by atoms with Gasteiger partial charge in [-0.1, -0.05) is 24.4 Å². The van der Waals surface area contributed by atoms with Gasteiger partial charge in [0.2, 0.25) is 0 Å². The van der Waals surface area contributed by atoms with Gasteiger partial charge in [-0.3, -0.25) is 0 Å². The van der Waals surface area contributed by atoms with Gasteiger partial charge >= 0.3 is 12.0 Å². The second kappa shape index (κ2) is 6.80. The predicted molar refractivity (Wildman–Crippen MR) is 82.1 cm³/mol. The number of hydrogen-bond donors (Lipinski definition) is 2. The topological polar surface area (TPSA) is 69.6 Å². The van der Waals surface area contributed by atoms with Gasteiger partial charge in [-0.25, -0.2) is 9.59 Å². The molecule has 1 aromatic carbocycles. The maximum atomic E-state index is 12.3. The Kier molecular flexibility index (Phi) is 5.07. The summed E-state index contributed by atoms with van der Waals surface area (Å²) in [5, 5.41) is 12.0. The third-order valence-electron chi connectivity index (χ3n) is 3.71. The number of rotatable bonds is 2. The largest absolute Gasteiger partial charge is 0.478 e. The Morgan fingerprint density at radius 3 is 2.76 bits per heavy atom. The summed E-state index contributed by atoms with van der Waals surface area (Å²) < 4.78 is 0. The zero-order chi connectivity index (χ0) is 15.4. The van der Waals surface area contributed by atoms with Crippen LogP contribution in [0.25, 0.3) is 0 Å². The van der Waals surface area contributed by atoms with Crippen LogP contribution in [0.15, 0.2) is 18.2 Å². The summed E-state index contributed by atoms with van der Waals surface area (Å²) in [5.41, 5.74) is 0.461. The lowest BCUT2D eigenvalue weighted by atomic mass is 10.1. The molecule has 1 aliphatic heterocycles. The minimum atomic E-state index is -1.07. The van der Waals surface area contributed by atoms with Crippen LogP contribution in [0.2, 0.25) is 5.02 Å². The maximum absolute atomic E-state index is 12.3. The fourth-order valence-corrected chi connectivity index (χ4v) is 2.79. The van der Waals surface area contributed by atoms with Crippen molar-refractivity contribution in [1.29, 1.82) is 0 Å². The molecule has 21 heavy (non-hydrogen) atoms. The molecule has 0 spiro atoms. The lowest BCUT2D eigenvalue weighted by Gasteiger charge is -2.27. The fraction of sp³-hybridized carbons (Fsp3) is 0.467. The Morgan fingerprint density at radius 1 is 1.29 bits per heavy atom. The van der Waals surface area contributed by atoms with E-state index in [1.165, 1.54) is 12.1 Å². The molecule has 1 fully saturated rings. The second-order valence-electron chi connectivity index (χ2n) is 5.36. The van der Waals surface area contributed by atoms with Gasteiger partial charge in [0.25, 0.3) is 0 Å². The highest BCUT2D eigenvalue weighted by atomic mass is 35.5. The highest BCUT2D eigenvalue weighted by Gasteiger charge is 2.22. The number of carbonyl (C=O) groups is 2. The first kappa shape index (κ1) is 15.6. The van der Waals surface area contributed by atoms with Crippen LogP contribution < -0.4 is 5.32 Å². The summed E-state index contributed by atoms with van der Waals surface area (Å²) in [6.07, 6.45) is 4.25. The van der Waals surface area contributed by atoms with Crippen LogP contribution in [-0.2, 0) is 0 Å². The van der Waals surface area contributed by atoms with Gasteiger partial charge in [0.15, 0.2) is 0 Å². The molecule has 1 heterocycles. The molecular formula is C15H19ClN2O3. The van der Waals surface area contributed by atoms with Crippen LogP contribution in [-0.4, -0.2) is 34.6 Å². The molecule has 2 N–H and O–H groups in total. The van der Waals surface area contributed by atoms with Crippen molar-refractivity contribution in [3.8, 4) is 0 Å². The number of carboxylic acids is 1. The molecule has 2 amide bonds. The first-order chi connectivity index (χ1) is 9.97. The number of amides is 2. The van der Waals surface area contributed by atoms with Gasteiger partial charge in [0.05, 0.1) is 5.56 Å². The molecule has 5 nitrogen and oxygen atoms in total. The van der Waals surface area contributed by atoms with Crippen LogP contribution in [0.1, 0.15) is 43.0 Å². The van der Waals surface area contributed by atoms with E-state index in [9.17, 15) is 9.59 Å². The van der Waals surface area contributed by atoms with E-state index in [1.807, 2.05) is 6.92 Å². The molecule has 0 aromatic heterocycles. The lowest BCUT2D eigenvalue weighted by Crippen LogP contribution is -2.41. The van der Waals surface area contributed by atoms with E-state index in [-0.39, 0.29) is 22.7 Å². The van der Waals surface area contributed by atoms with Gasteiger partial charge in [-0.15, -0.1) is 0 Å². The first-order valence-corrected chi connectivity index (χ1v) is 7.46. The van der Waals surface area contributed by atoms with Gasteiger partial charge in [0, 0.05) is 23.3 Å². The predicted octanol–water partition coefficient (Wildman–Crippen LogP) is 3.83. The normalized spacial score (nSPS) is 19.0. The first-order valence-electron chi connectivity index (χ1n) is 7.09. The van der Waals surface area contributed by atoms with Crippen molar-refractivity contribution in [3.63, 3.8) is 0 Å². The zero-order valence-electron chi connectivity index (χ0n) is 11.9. The van der Waals surface area contributed by atoms with Crippen molar-refractivity contribution in [1.82, 2.24) is 4.90 Å². The molecule has 114 valence electrons. The Labute approximate surface area is 128 Å². The molecule has 0 radical (unpaired) electrons. The number of hydrogen-bond acceptors (Lipinski definition) is 2. The summed E-state index contributed by atoms with van der Waals surface area (Å²) in [4.78, 5) is 25.2. The van der Waals surface area contributed by atoms with E-state index in [4.69, 9.17) is 16.7 Å². The quantitative estimate of drug-likeness (QED) is 0.872. The van der Waals surface area contributed by atoms with E-state index in [1.54, 1.807) is 11.0 Å². The lowest BCUT2D eigenvalue weighted by molar-refractivity contribution is 0.0697. The van der Waals surface area contributed by atoms with Gasteiger partial charge < -0.3 is 15.3 Å². The van der Waals surface area contributed by atoms with Crippen molar-refractivity contribution in [3.05, 3.63) is 28.8 Å². The van der Waals surface area contributed by atoms with Crippen LogP contribution >= 0.6 is 11.6 Å². The Bertz CT molecular complexity index is 548. The number of aromatic carboxylic acids is 1. The number of nitrogens with zero attached hydrogens (tertiary/aromatic N) is 1. The van der Waals surface area contributed by atoms with Crippen molar-refractivity contribution >= 4 is 29.3 Å². The Morgan fingerprint density at radius 2 is 2.05 bits per heavy atom. The van der Waals surface area contributed by atoms with Crippen molar-refractivity contribution in [2.24, 2.45) is 0 Å². The van der Waals surface area contributed by atoms with E-state index in [0.29, 0.717) is 5.69 Å². The van der Waals surface area contributed by atoms with E-state index in [0.717, 1.165) is 32.2 Å². The summed E-state index contributed by atoms with van der Waals surface area (Å²) in [6.45, 7) is 2.75. The molecule has 0 aliphatic carbocycles. The molecule has 1 saturated heterocycles. The summed E-state index contributed by atoms with van der Waals surface area (Å²) in [5.74, 6) is -1.07. The molecule has 1 aromatic rings. The van der Waals surface area contributed by atoms with E-state index >= 15 is 0 Å². The molecule has 0 bridgehead atoms. The number of halogens is 1. The van der Waals surface area contributed by atoms with Crippen molar-refractivity contribution in [2.75, 3.05) is 11.9 Å². The smallest absolute Gasteiger partial charge is 0.335 e. The van der Waals surface area contributed by atoms with Gasteiger partial charge in [-0.2, -0.15) is 0 Å². The monoisotopic (exact) mass is 310 g/mol. The maximum Gasteiger partial charge on any atom is 0.335 e. The molecule has 1 atom stereocenters. The van der Waals surface area contributed by atoms with Crippen LogP contribution in [0.3, 0.4) is 0 Å². The number of benzene rings is 1. The van der Waals surface area contributed by atoms with Crippen molar-refractivity contribution < 1.29 is 14.7 Å². The Balaban J connectivity index is 2.13. The number of urea groups is 1. The van der Waals surface area contributed by atoms with Crippen LogP contribution in [0, 0.1) is 0 Å². The Hall–Kier alpha value is -1.75. The average molecular weight is 311 g/mol. The molecule has 1 unspecified atom stereocenters. The number of anilines is 1. The number of carboxylic acid groups (broad SMARTS) is 1. The van der Waals surface area contributed by atoms with Crippen LogP contribution in [0.5, 0.6) is 0 Å².